The smallest absolute Gasteiger partial charge is 0.00746 e. The molecule has 1 nitrogen and oxygen atoms in total. The molecule has 1 saturated carbocycles. The molecule has 0 radical (unpaired) electrons. The second-order valence-corrected chi connectivity index (χ2v) is 3.60. The quantitative estimate of drug-likeness (QED) is 0.640. The lowest BCUT2D eigenvalue weighted by molar-refractivity contribution is 0.350. The Balaban J connectivity index is 2.18. The summed E-state index contributed by atoms with van der Waals surface area (Å²) in [4.78, 5) is 0. The Morgan fingerprint density at radius 3 is 2.50 bits per heavy atom. The average molecular weight is 141 g/mol. The highest BCUT2D eigenvalue weighted by Crippen LogP contribution is 2.32. The molecule has 0 saturated heterocycles. The van der Waals surface area contributed by atoms with Gasteiger partial charge in [0.2, 0.25) is 0 Å². The summed E-state index contributed by atoms with van der Waals surface area (Å²) in [5.41, 5.74) is 5.50. The summed E-state index contributed by atoms with van der Waals surface area (Å²) in [6.45, 7) is 3.22. The van der Waals surface area contributed by atoms with Gasteiger partial charge in [-0.15, -0.1) is 0 Å². The third-order valence-corrected chi connectivity index (χ3v) is 2.83. The maximum absolute atomic E-state index is 5.50. The normalized spacial score (nSPS) is 23.4. The Bertz CT molecular complexity index is 84.7. The van der Waals surface area contributed by atoms with Crippen molar-refractivity contribution in [3.8, 4) is 0 Å². The lowest BCUT2D eigenvalue weighted by Crippen LogP contribution is -2.12. The average Bonchev–Trinajstić information content (AvgIpc) is 2.38. The van der Waals surface area contributed by atoms with E-state index in [1.54, 1.807) is 0 Å². The third-order valence-electron chi connectivity index (χ3n) is 2.83. The Morgan fingerprint density at radius 1 is 1.40 bits per heavy atom. The van der Waals surface area contributed by atoms with Gasteiger partial charge in [0.15, 0.2) is 0 Å². The topological polar surface area (TPSA) is 26.0 Å². The second-order valence-electron chi connectivity index (χ2n) is 3.60. The van der Waals surface area contributed by atoms with Crippen LogP contribution in [0.2, 0.25) is 0 Å². The van der Waals surface area contributed by atoms with E-state index in [1.165, 1.54) is 32.1 Å². The van der Waals surface area contributed by atoms with Crippen molar-refractivity contribution in [2.75, 3.05) is 6.54 Å². The van der Waals surface area contributed by atoms with Gasteiger partial charge in [0.25, 0.3) is 0 Å². The van der Waals surface area contributed by atoms with Crippen molar-refractivity contribution >= 4 is 0 Å². The first-order valence-electron chi connectivity index (χ1n) is 4.54. The minimum absolute atomic E-state index is 0.873. The molecule has 0 aromatic carbocycles. The minimum atomic E-state index is 0.873. The van der Waals surface area contributed by atoms with Crippen molar-refractivity contribution in [3.63, 3.8) is 0 Å². The van der Waals surface area contributed by atoms with Gasteiger partial charge in [-0.1, -0.05) is 32.6 Å². The molecule has 0 heterocycles. The largest absolute Gasteiger partial charge is 0.330 e. The van der Waals surface area contributed by atoms with E-state index in [0.717, 1.165) is 18.4 Å². The highest BCUT2D eigenvalue weighted by Gasteiger charge is 2.20. The molecule has 60 valence electrons. The first-order valence-corrected chi connectivity index (χ1v) is 4.54. The number of hydrogen-bond acceptors (Lipinski definition) is 1. The Morgan fingerprint density at radius 2 is 2.00 bits per heavy atom. The van der Waals surface area contributed by atoms with E-state index >= 15 is 0 Å². The SMILES string of the molecule is CC(CCN)C1CCCC1. The molecule has 0 amide bonds. The van der Waals surface area contributed by atoms with Crippen molar-refractivity contribution in [1.29, 1.82) is 0 Å². The molecule has 0 aliphatic heterocycles. The number of nitrogens with two attached hydrogens (primary N) is 1. The molecule has 1 aliphatic carbocycles. The zero-order valence-corrected chi connectivity index (χ0v) is 6.97. The van der Waals surface area contributed by atoms with Crippen molar-refractivity contribution in [1.82, 2.24) is 0 Å². The summed E-state index contributed by atoms with van der Waals surface area (Å²) >= 11 is 0. The van der Waals surface area contributed by atoms with Gasteiger partial charge < -0.3 is 5.73 Å². The maximum Gasteiger partial charge on any atom is -0.00746 e. The van der Waals surface area contributed by atoms with Crippen LogP contribution in [-0.4, -0.2) is 6.54 Å². The molecule has 1 fully saturated rings. The van der Waals surface area contributed by atoms with E-state index in [-0.39, 0.29) is 0 Å². The second kappa shape index (κ2) is 3.97. The summed E-state index contributed by atoms with van der Waals surface area (Å²) in [6.07, 6.45) is 7.06. The minimum Gasteiger partial charge on any atom is -0.330 e. The van der Waals surface area contributed by atoms with E-state index in [1.807, 2.05) is 0 Å². The maximum atomic E-state index is 5.50. The van der Waals surface area contributed by atoms with Crippen LogP contribution in [0, 0.1) is 11.8 Å². The van der Waals surface area contributed by atoms with Gasteiger partial charge in [-0.25, -0.2) is 0 Å². The monoisotopic (exact) mass is 141 g/mol. The van der Waals surface area contributed by atoms with E-state index in [4.69, 9.17) is 5.73 Å². The van der Waals surface area contributed by atoms with Gasteiger partial charge in [-0.3, -0.25) is 0 Å². The molecule has 1 unspecified atom stereocenters. The molecule has 0 bridgehead atoms. The fourth-order valence-electron chi connectivity index (χ4n) is 2.03. The third kappa shape index (κ3) is 1.98. The molecular weight excluding hydrogens is 122 g/mol. The molecular formula is C9H19N. The molecule has 2 N–H and O–H groups in total. The molecule has 0 aromatic rings. The van der Waals surface area contributed by atoms with Crippen LogP contribution >= 0.6 is 0 Å². The predicted molar refractivity (Wildman–Crippen MR) is 44.8 cm³/mol. The summed E-state index contributed by atoms with van der Waals surface area (Å²) in [7, 11) is 0. The summed E-state index contributed by atoms with van der Waals surface area (Å²) in [5.74, 6) is 1.89. The van der Waals surface area contributed by atoms with Gasteiger partial charge in [0, 0.05) is 0 Å². The Kier molecular flexibility index (Phi) is 3.20. The molecule has 1 heteroatoms. The van der Waals surface area contributed by atoms with Crippen molar-refractivity contribution < 1.29 is 0 Å². The predicted octanol–water partition coefficient (Wildman–Crippen LogP) is 2.16. The first-order chi connectivity index (χ1) is 4.84. The van der Waals surface area contributed by atoms with E-state index in [9.17, 15) is 0 Å². The number of rotatable bonds is 3. The van der Waals surface area contributed by atoms with Gasteiger partial charge >= 0.3 is 0 Å². The van der Waals surface area contributed by atoms with Crippen LogP contribution in [0.4, 0.5) is 0 Å². The van der Waals surface area contributed by atoms with E-state index < -0.39 is 0 Å². The summed E-state index contributed by atoms with van der Waals surface area (Å²) in [6, 6.07) is 0. The standard InChI is InChI=1S/C9H19N/c1-8(6-7-10)9-4-2-3-5-9/h8-9H,2-7,10H2,1H3. The molecule has 0 aromatic heterocycles. The van der Waals surface area contributed by atoms with Crippen LogP contribution in [0.3, 0.4) is 0 Å². The van der Waals surface area contributed by atoms with Gasteiger partial charge in [-0.2, -0.15) is 0 Å². The van der Waals surface area contributed by atoms with E-state index in [2.05, 4.69) is 6.92 Å². The van der Waals surface area contributed by atoms with Crippen LogP contribution < -0.4 is 5.73 Å². The lowest BCUT2D eigenvalue weighted by Gasteiger charge is -2.16. The molecule has 1 atom stereocenters. The fourth-order valence-corrected chi connectivity index (χ4v) is 2.03. The Hall–Kier alpha value is -0.0400. The van der Waals surface area contributed by atoms with Gasteiger partial charge in [0.1, 0.15) is 0 Å². The molecule has 10 heavy (non-hydrogen) atoms. The van der Waals surface area contributed by atoms with Crippen molar-refractivity contribution in [2.45, 2.75) is 39.0 Å². The number of hydrogen-bond donors (Lipinski definition) is 1. The van der Waals surface area contributed by atoms with Crippen LogP contribution in [0.15, 0.2) is 0 Å². The van der Waals surface area contributed by atoms with Gasteiger partial charge in [-0.05, 0) is 24.8 Å². The van der Waals surface area contributed by atoms with Crippen molar-refractivity contribution in [2.24, 2.45) is 17.6 Å². The zero-order chi connectivity index (χ0) is 7.40. The van der Waals surface area contributed by atoms with Crippen LogP contribution in [0.1, 0.15) is 39.0 Å². The van der Waals surface area contributed by atoms with Gasteiger partial charge in [0.05, 0.1) is 0 Å². The molecule has 0 spiro atoms. The first kappa shape index (κ1) is 8.06. The summed E-state index contributed by atoms with van der Waals surface area (Å²) < 4.78 is 0. The zero-order valence-electron chi connectivity index (χ0n) is 6.97. The fraction of sp³-hybridized carbons (Fsp3) is 1.00. The van der Waals surface area contributed by atoms with Crippen LogP contribution in [0.5, 0.6) is 0 Å². The highest BCUT2D eigenvalue weighted by molar-refractivity contribution is 4.72. The van der Waals surface area contributed by atoms with Crippen LogP contribution in [0.25, 0.3) is 0 Å². The molecule has 1 aliphatic rings. The van der Waals surface area contributed by atoms with Crippen LogP contribution in [-0.2, 0) is 0 Å². The Labute approximate surface area is 64.0 Å². The summed E-state index contributed by atoms with van der Waals surface area (Å²) in [5, 5.41) is 0. The van der Waals surface area contributed by atoms with Crippen molar-refractivity contribution in [3.05, 3.63) is 0 Å². The lowest BCUT2D eigenvalue weighted by atomic mass is 9.90. The highest BCUT2D eigenvalue weighted by atomic mass is 14.5. The van der Waals surface area contributed by atoms with E-state index in [0.29, 0.717) is 0 Å². The molecule has 1 rings (SSSR count).